The fourth-order valence-corrected chi connectivity index (χ4v) is 3.48. The van der Waals surface area contributed by atoms with E-state index in [2.05, 4.69) is 25.6 Å². The van der Waals surface area contributed by atoms with Gasteiger partial charge in [-0.05, 0) is 29.8 Å². The first kappa shape index (κ1) is 10.4. The summed E-state index contributed by atoms with van der Waals surface area (Å²) in [6, 6.07) is 0. The van der Waals surface area contributed by atoms with Crippen LogP contribution in [0.4, 0.5) is 0 Å². The van der Waals surface area contributed by atoms with Gasteiger partial charge in [-0.1, -0.05) is 39.5 Å². The zero-order valence-electron chi connectivity index (χ0n) is 8.51. The molecule has 1 aliphatic rings. The Morgan fingerprint density at radius 3 is 2.58 bits per heavy atom. The van der Waals surface area contributed by atoms with Crippen molar-refractivity contribution in [3.05, 3.63) is 0 Å². The first-order valence-corrected chi connectivity index (χ1v) is 6.57. The summed E-state index contributed by atoms with van der Waals surface area (Å²) in [7, 11) is 0. The van der Waals surface area contributed by atoms with E-state index in [1.807, 2.05) is 0 Å². The van der Waals surface area contributed by atoms with Crippen molar-refractivity contribution in [1.82, 2.24) is 0 Å². The van der Waals surface area contributed by atoms with Crippen molar-refractivity contribution in [2.24, 2.45) is 11.8 Å². The first-order valence-electron chi connectivity index (χ1n) is 5.42. The Morgan fingerprint density at radius 1 is 1.17 bits per heavy atom. The highest BCUT2D eigenvalue weighted by molar-refractivity contribution is 7.99. The van der Waals surface area contributed by atoms with E-state index in [4.69, 9.17) is 0 Å². The Balaban J connectivity index is 1.98. The lowest BCUT2D eigenvalue weighted by atomic mass is 9.92. The molecule has 1 rings (SSSR count). The van der Waals surface area contributed by atoms with Gasteiger partial charge < -0.3 is 0 Å². The summed E-state index contributed by atoms with van der Waals surface area (Å²) >= 11 is 2.15. The number of hydrogen-bond acceptors (Lipinski definition) is 1. The minimum Gasteiger partial charge on any atom is -0.161 e. The van der Waals surface area contributed by atoms with E-state index >= 15 is 0 Å². The average molecular weight is 186 g/mol. The van der Waals surface area contributed by atoms with Gasteiger partial charge in [0.05, 0.1) is 0 Å². The second-order valence-electron chi connectivity index (χ2n) is 4.12. The Kier molecular flexibility index (Phi) is 5.13. The molecule has 0 radical (unpaired) electrons. The molecule has 0 aromatic heterocycles. The topological polar surface area (TPSA) is 0 Å². The Hall–Kier alpha value is 0.350. The van der Waals surface area contributed by atoms with Gasteiger partial charge in [0, 0.05) is 0 Å². The van der Waals surface area contributed by atoms with Gasteiger partial charge in [-0.2, -0.15) is 11.8 Å². The molecule has 0 bridgehead atoms. The molecule has 0 saturated carbocycles. The molecule has 0 nitrogen and oxygen atoms in total. The van der Waals surface area contributed by atoms with Crippen LogP contribution >= 0.6 is 11.8 Å². The summed E-state index contributed by atoms with van der Waals surface area (Å²) in [5, 5.41) is 0. The molecule has 0 aliphatic carbocycles. The SMILES string of the molecule is CCCCCCC1CSCC1C. The lowest BCUT2D eigenvalue weighted by Crippen LogP contribution is -2.08. The largest absolute Gasteiger partial charge is 0.161 e. The van der Waals surface area contributed by atoms with Crippen molar-refractivity contribution in [2.75, 3.05) is 11.5 Å². The van der Waals surface area contributed by atoms with E-state index < -0.39 is 0 Å². The lowest BCUT2D eigenvalue weighted by molar-refractivity contribution is 0.403. The molecule has 12 heavy (non-hydrogen) atoms. The standard InChI is InChI=1S/C11H22S/c1-3-4-5-6-7-11-9-12-8-10(11)2/h10-11H,3-9H2,1-2H3. The van der Waals surface area contributed by atoms with Crippen molar-refractivity contribution in [3.8, 4) is 0 Å². The summed E-state index contributed by atoms with van der Waals surface area (Å²) in [5.41, 5.74) is 0. The Bertz CT molecular complexity index is 112. The van der Waals surface area contributed by atoms with Crippen LogP contribution in [0.25, 0.3) is 0 Å². The summed E-state index contributed by atoms with van der Waals surface area (Å²) < 4.78 is 0. The van der Waals surface area contributed by atoms with E-state index in [9.17, 15) is 0 Å². The molecule has 0 aromatic carbocycles. The molecule has 0 amide bonds. The van der Waals surface area contributed by atoms with Crippen LogP contribution in [0.5, 0.6) is 0 Å². The second-order valence-corrected chi connectivity index (χ2v) is 5.20. The van der Waals surface area contributed by atoms with Crippen molar-refractivity contribution in [2.45, 2.75) is 46.0 Å². The van der Waals surface area contributed by atoms with Crippen molar-refractivity contribution in [3.63, 3.8) is 0 Å². The van der Waals surface area contributed by atoms with Crippen molar-refractivity contribution in [1.29, 1.82) is 0 Å². The predicted octanol–water partition coefficient (Wildman–Crippen LogP) is 3.96. The third kappa shape index (κ3) is 3.38. The van der Waals surface area contributed by atoms with Crippen molar-refractivity contribution < 1.29 is 0 Å². The third-order valence-electron chi connectivity index (χ3n) is 2.95. The molecule has 2 unspecified atom stereocenters. The summed E-state index contributed by atoms with van der Waals surface area (Å²) in [4.78, 5) is 0. The number of hydrogen-bond donors (Lipinski definition) is 0. The lowest BCUT2D eigenvalue weighted by Gasteiger charge is -2.13. The molecule has 1 fully saturated rings. The fraction of sp³-hybridized carbons (Fsp3) is 1.00. The van der Waals surface area contributed by atoms with Crippen LogP contribution in [0.2, 0.25) is 0 Å². The summed E-state index contributed by atoms with van der Waals surface area (Å²) in [6.45, 7) is 4.71. The van der Waals surface area contributed by atoms with E-state index in [-0.39, 0.29) is 0 Å². The van der Waals surface area contributed by atoms with Crippen LogP contribution in [0.3, 0.4) is 0 Å². The van der Waals surface area contributed by atoms with Crippen LogP contribution in [0, 0.1) is 11.8 Å². The van der Waals surface area contributed by atoms with E-state index in [1.54, 1.807) is 0 Å². The monoisotopic (exact) mass is 186 g/mol. The maximum atomic E-state index is 2.42. The molecule has 0 aromatic rings. The molecule has 0 N–H and O–H groups in total. The smallest absolute Gasteiger partial charge is 0.00362 e. The zero-order chi connectivity index (χ0) is 8.81. The number of thioether (sulfide) groups is 1. The van der Waals surface area contributed by atoms with Crippen molar-refractivity contribution >= 4 is 11.8 Å². The quantitative estimate of drug-likeness (QED) is 0.586. The van der Waals surface area contributed by atoms with Gasteiger partial charge in [-0.25, -0.2) is 0 Å². The van der Waals surface area contributed by atoms with Gasteiger partial charge in [-0.3, -0.25) is 0 Å². The Labute approximate surface area is 81.5 Å². The van der Waals surface area contributed by atoms with Crippen LogP contribution < -0.4 is 0 Å². The highest BCUT2D eigenvalue weighted by Gasteiger charge is 2.22. The molecular formula is C11H22S. The van der Waals surface area contributed by atoms with Crippen LogP contribution in [0.15, 0.2) is 0 Å². The zero-order valence-corrected chi connectivity index (χ0v) is 9.33. The second kappa shape index (κ2) is 5.90. The van der Waals surface area contributed by atoms with Crippen LogP contribution in [-0.2, 0) is 0 Å². The predicted molar refractivity (Wildman–Crippen MR) is 58.7 cm³/mol. The third-order valence-corrected chi connectivity index (χ3v) is 4.37. The maximum absolute atomic E-state index is 2.42. The maximum Gasteiger partial charge on any atom is -0.00362 e. The Morgan fingerprint density at radius 2 is 2.00 bits per heavy atom. The fourth-order valence-electron chi connectivity index (χ4n) is 1.91. The van der Waals surface area contributed by atoms with Gasteiger partial charge >= 0.3 is 0 Å². The van der Waals surface area contributed by atoms with Gasteiger partial charge in [0.2, 0.25) is 0 Å². The number of unbranched alkanes of at least 4 members (excludes halogenated alkanes) is 3. The molecule has 1 saturated heterocycles. The highest BCUT2D eigenvalue weighted by Crippen LogP contribution is 2.32. The number of rotatable bonds is 5. The minimum atomic E-state index is 0.997. The summed E-state index contributed by atoms with van der Waals surface area (Å²) in [5.74, 6) is 4.90. The van der Waals surface area contributed by atoms with E-state index in [1.165, 1.54) is 43.6 Å². The first-order chi connectivity index (χ1) is 5.84. The van der Waals surface area contributed by atoms with Crippen LogP contribution in [0.1, 0.15) is 46.0 Å². The van der Waals surface area contributed by atoms with E-state index in [0.29, 0.717) is 0 Å². The van der Waals surface area contributed by atoms with Gasteiger partial charge in [0.25, 0.3) is 0 Å². The van der Waals surface area contributed by atoms with Gasteiger partial charge in [0.1, 0.15) is 0 Å². The highest BCUT2D eigenvalue weighted by atomic mass is 32.2. The van der Waals surface area contributed by atoms with Gasteiger partial charge in [0.15, 0.2) is 0 Å². The minimum absolute atomic E-state index is 0.997. The molecule has 2 atom stereocenters. The van der Waals surface area contributed by atoms with Crippen LogP contribution in [-0.4, -0.2) is 11.5 Å². The summed E-state index contributed by atoms with van der Waals surface area (Å²) in [6.07, 6.45) is 7.24. The molecule has 1 heteroatoms. The molecule has 1 heterocycles. The average Bonchev–Trinajstić information content (AvgIpc) is 2.46. The van der Waals surface area contributed by atoms with E-state index in [0.717, 1.165) is 11.8 Å². The van der Waals surface area contributed by atoms with Gasteiger partial charge in [-0.15, -0.1) is 0 Å². The molecule has 72 valence electrons. The molecule has 0 spiro atoms. The molecule has 1 aliphatic heterocycles. The normalized spacial score (nSPS) is 29.5. The molecular weight excluding hydrogens is 164 g/mol.